The number of aryl methyl sites for hydroxylation is 1. The Kier molecular flexibility index (Phi) is 4.66. The number of hydrogen-bond acceptors (Lipinski definition) is 4. The zero-order valence-corrected chi connectivity index (χ0v) is 11.8. The van der Waals surface area contributed by atoms with E-state index in [2.05, 4.69) is 0 Å². The van der Waals surface area contributed by atoms with Crippen LogP contribution in [0, 0.1) is 6.92 Å². The number of carbonyl (C=O) groups is 1. The largest absolute Gasteiger partial charge is 0.464 e. The molecule has 0 saturated carbocycles. The van der Waals surface area contributed by atoms with Crippen molar-refractivity contribution in [1.82, 2.24) is 10.2 Å². The van der Waals surface area contributed by atoms with Crippen LogP contribution in [0.25, 0.3) is 0 Å². The maximum atomic E-state index is 13.1. The van der Waals surface area contributed by atoms with Gasteiger partial charge in [-0.3, -0.25) is 0 Å². The number of carbonyl (C=O) groups excluding carboxylic acids is 1. The SMILES string of the molecule is Cc1ccc(C(NC(=O)N2C[C@H](O)C[C@H]2CO)C(F)(F)F)o1. The molecule has 1 unspecified atom stereocenters. The standard InChI is InChI=1S/C13H17F3N2O4/c1-7-2-3-10(22-7)11(13(14,15)16)17-12(21)18-5-9(20)4-8(18)6-19/h2-3,8-9,11,19-20H,4-6H2,1H3,(H,17,21)/t8-,9+,11?/m0/s1. The fraction of sp³-hybridized carbons (Fsp3) is 0.615. The van der Waals surface area contributed by atoms with E-state index in [-0.39, 0.29) is 13.0 Å². The quantitative estimate of drug-likeness (QED) is 0.784. The molecule has 1 aromatic rings. The van der Waals surface area contributed by atoms with Gasteiger partial charge < -0.3 is 24.8 Å². The number of nitrogens with zero attached hydrogens (tertiary/aromatic N) is 1. The van der Waals surface area contributed by atoms with Gasteiger partial charge in [0.15, 0.2) is 6.04 Å². The Balaban J connectivity index is 2.15. The summed E-state index contributed by atoms with van der Waals surface area (Å²) in [5, 5.41) is 20.5. The van der Waals surface area contributed by atoms with Gasteiger partial charge in [-0.05, 0) is 25.5 Å². The summed E-state index contributed by atoms with van der Waals surface area (Å²) in [6.07, 6.45) is -5.47. The van der Waals surface area contributed by atoms with Gasteiger partial charge in [-0.15, -0.1) is 0 Å². The Hall–Kier alpha value is -1.74. The number of hydrogen-bond donors (Lipinski definition) is 3. The van der Waals surface area contributed by atoms with Crippen molar-refractivity contribution in [3.05, 3.63) is 23.7 Å². The van der Waals surface area contributed by atoms with E-state index in [1.165, 1.54) is 13.0 Å². The highest BCUT2D eigenvalue weighted by Gasteiger charge is 2.45. The number of β-amino-alcohol motifs (C(OH)–C–C–N with tert-alkyl or cyclic N) is 1. The first-order valence-electron chi connectivity index (χ1n) is 6.71. The molecule has 0 spiro atoms. The van der Waals surface area contributed by atoms with Crippen molar-refractivity contribution in [2.45, 2.75) is 37.7 Å². The molecule has 0 aliphatic carbocycles. The van der Waals surface area contributed by atoms with Gasteiger partial charge in [0.1, 0.15) is 11.5 Å². The number of furan rings is 1. The summed E-state index contributed by atoms with van der Waals surface area (Å²) in [4.78, 5) is 13.0. The predicted molar refractivity (Wildman–Crippen MR) is 69.0 cm³/mol. The molecule has 124 valence electrons. The first kappa shape index (κ1) is 16.6. The summed E-state index contributed by atoms with van der Waals surface area (Å²) < 4.78 is 44.3. The highest BCUT2D eigenvalue weighted by atomic mass is 19.4. The topological polar surface area (TPSA) is 85.9 Å². The Labute approximate surface area is 124 Å². The predicted octanol–water partition coefficient (Wildman–Crippen LogP) is 1.33. The number of nitrogens with one attached hydrogen (secondary N) is 1. The Bertz CT molecular complexity index is 532. The van der Waals surface area contributed by atoms with Crippen molar-refractivity contribution in [2.24, 2.45) is 0 Å². The van der Waals surface area contributed by atoms with Gasteiger partial charge in [0.05, 0.1) is 18.8 Å². The van der Waals surface area contributed by atoms with Crippen LogP contribution in [0.2, 0.25) is 0 Å². The number of rotatable bonds is 3. The molecule has 1 saturated heterocycles. The summed E-state index contributed by atoms with van der Waals surface area (Å²) in [6.45, 7) is 0.942. The van der Waals surface area contributed by atoms with E-state index in [0.29, 0.717) is 5.76 Å². The molecule has 1 aliphatic rings. The van der Waals surface area contributed by atoms with Crippen LogP contribution in [0.15, 0.2) is 16.5 Å². The van der Waals surface area contributed by atoms with Gasteiger partial charge in [-0.1, -0.05) is 0 Å². The molecule has 3 N–H and O–H groups in total. The second-order valence-electron chi connectivity index (χ2n) is 5.25. The molecule has 0 aromatic carbocycles. The minimum Gasteiger partial charge on any atom is -0.464 e. The number of amides is 2. The molecular formula is C13H17F3N2O4. The number of aliphatic hydroxyl groups excluding tert-OH is 2. The number of halogens is 3. The molecule has 1 fully saturated rings. The number of aliphatic hydroxyl groups is 2. The molecular weight excluding hydrogens is 305 g/mol. The van der Waals surface area contributed by atoms with E-state index in [1.807, 2.05) is 5.32 Å². The molecule has 1 aliphatic heterocycles. The molecule has 2 heterocycles. The lowest BCUT2D eigenvalue weighted by Gasteiger charge is -2.27. The average molecular weight is 322 g/mol. The van der Waals surface area contributed by atoms with Crippen LogP contribution < -0.4 is 5.32 Å². The highest BCUT2D eigenvalue weighted by molar-refractivity contribution is 5.75. The first-order valence-corrected chi connectivity index (χ1v) is 6.71. The van der Waals surface area contributed by atoms with Gasteiger partial charge in [0.2, 0.25) is 0 Å². The number of urea groups is 1. The highest BCUT2D eigenvalue weighted by Crippen LogP contribution is 2.34. The maximum absolute atomic E-state index is 13.1. The van der Waals surface area contributed by atoms with Crippen LogP contribution in [0.5, 0.6) is 0 Å². The minimum absolute atomic E-state index is 0.125. The molecule has 0 radical (unpaired) electrons. The van der Waals surface area contributed by atoms with Crippen LogP contribution >= 0.6 is 0 Å². The van der Waals surface area contributed by atoms with Crippen molar-refractivity contribution in [2.75, 3.05) is 13.2 Å². The minimum atomic E-state index is -4.73. The monoisotopic (exact) mass is 322 g/mol. The fourth-order valence-electron chi connectivity index (χ4n) is 2.44. The van der Waals surface area contributed by atoms with Crippen LogP contribution in [0.1, 0.15) is 24.0 Å². The number of alkyl halides is 3. The summed E-state index contributed by atoms with van der Waals surface area (Å²) >= 11 is 0. The van der Waals surface area contributed by atoms with Crippen molar-refractivity contribution in [3.8, 4) is 0 Å². The molecule has 2 rings (SSSR count). The Morgan fingerprint density at radius 2 is 2.23 bits per heavy atom. The van der Waals surface area contributed by atoms with Gasteiger partial charge in [-0.2, -0.15) is 13.2 Å². The van der Waals surface area contributed by atoms with Gasteiger partial charge in [0, 0.05) is 6.54 Å². The molecule has 6 nitrogen and oxygen atoms in total. The fourth-order valence-corrected chi connectivity index (χ4v) is 2.44. The smallest absolute Gasteiger partial charge is 0.416 e. The van der Waals surface area contributed by atoms with Gasteiger partial charge in [0.25, 0.3) is 0 Å². The number of likely N-dealkylation sites (tertiary alicyclic amines) is 1. The lowest BCUT2D eigenvalue weighted by atomic mass is 10.2. The third kappa shape index (κ3) is 3.53. The van der Waals surface area contributed by atoms with Crippen LogP contribution in [-0.4, -0.2) is 52.6 Å². The van der Waals surface area contributed by atoms with Gasteiger partial charge in [-0.25, -0.2) is 4.79 Å². The molecule has 3 atom stereocenters. The van der Waals surface area contributed by atoms with E-state index >= 15 is 0 Å². The summed E-state index contributed by atoms with van der Waals surface area (Å²) in [6, 6.07) is -1.48. The first-order chi connectivity index (χ1) is 10.2. The second kappa shape index (κ2) is 6.17. The molecule has 0 bridgehead atoms. The molecule has 9 heteroatoms. The lowest BCUT2D eigenvalue weighted by molar-refractivity contribution is -0.159. The molecule has 2 amide bonds. The lowest BCUT2D eigenvalue weighted by Crippen LogP contribution is -2.48. The van der Waals surface area contributed by atoms with Crippen molar-refractivity contribution in [3.63, 3.8) is 0 Å². The van der Waals surface area contributed by atoms with Crippen molar-refractivity contribution in [1.29, 1.82) is 0 Å². The van der Waals surface area contributed by atoms with Crippen LogP contribution in [0.4, 0.5) is 18.0 Å². The summed E-state index contributed by atoms with van der Waals surface area (Å²) in [7, 11) is 0. The summed E-state index contributed by atoms with van der Waals surface area (Å²) in [5.74, 6) is -0.123. The zero-order valence-electron chi connectivity index (χ0n) is 11.8. The van der Waals surface area contributed by atoms with Crippen molar-refractivity contribution < 1.29 is 32.6 Å². The Morgan fingerprint density at radius 1 is 1.55 bits per heavy atom. The van der Waals surface area contributed by atoms with Gasteiger partial charge >= 0.3 is 12.2 Å². The average Bonchev–Trinajstić information content (AvgIpc) is 3.00. The van der Waals surface area contributed by atoms with E-state index in [1.54, 1.807) is 0 Å². The normalized spacial score (nSPS) is 23.6. The Morgan fingerprint density at radius 3 is 2.73 bits per heavy atom. The second-order valence-corrected chi connectivity index (χ2v) is 5.25. The third-order valence-corrected chi connectivity index (χ3v) is 3.50. The van der Waals surface area contributed by atoms with E-state index < -0.39 is 42.8 Å². The zero-order chi connectivity index (χ0) is 16.5. The van der Waals surface area contributed by atoms with E-state index in [9.17, 15) is 23.1 Å². The van der Waals surface area contributed by atoms with Crippen LogP contribution in [0.3, 0.4) is 0 Å². The molecule has 22 heavy (non-hydrogen) atoms. The summed E-state index contributed by atoms with van der Waals surface area (Å²) in [5.41, 5.74) is 0. The third-order valence-electron chi connectivity index (χ3n) is 3.50. The van der Waals surface area contributed by atoms with Crippen molar-refractivity contribution >= 4 is 6.03 Å². The maximum Gasteiger partial charge on any atom is 0.416 e. The molecule has 1 aromatic heterocycles. The van der Waals surface area contributed by atoms with Crippen LogP contribution in [-0.2, 0) is 0 Å². The van der Waals surface area contributed by atoms with E-state index in [4.69, 9.17) is 9.52 Å². The van der Waals surface area contributed by atoms with E-state index in [0.717, 1.165) is 11.0 Å².